The lowest BCUT2D eigenvalue weighted by atomic mass is 9.89. The topological polar surface area (TPSA) is 12.0 Å². The van der Waals surface area contributed by atoms with Gasteiger partial charge in [0.25, 0.3) is 0 Å². The SMILES string of the molecule is CC(C)NCC(C)C(C)Cc1ccc(I)cc1. The predicted molar refractivity (Wildman–Crippen MR) is 84.3 cm³/mol. The average molecular weight is 345 g/mol. The van der Waals surface area contributed by atoms with Crippen molar-refractivity contribution in [2.75, 3.05) is 6.54 Å². The molecule has 0 amide bonds. The van der Waals surface area contributed by atoms with E-state index in [1.165, 1.54) is 15.6 Å². The predicted octanol–water partition coefficient (Wildman–Crippen LogP) is 4.10. The van der Waals surface area contributed by atoms with Gasteiger partial charge >= 0.3 is 0 Å². The molecule has 0 aliphatic heterocycles. The van der Waals surface area contributed by atoms with E-state index < -0.39 is 0 Å². The lowest BCUT2D eigenvalue weighted by Crippen LogP contribution is -2.31. The lowest BCUT2D eigenvalue weighted by Gasteiger charge is -2.21. The Morgan fingerprint density at radius 3 is 2.12 bits per heavy atom. The Morgan fingerprint density at radius 2 is 1.59 bits per heavy atom. The van der Waals surface area contributed by atoms with Gasteiger partial charge in [0.2, 0.25) is 0 Å². The van der Waals surface area contributed by atoms with E-state index in [4.69, 9.17) is 0 Å². The quantitative estimate of drug-likeness (QED) is 0.766. The fourth-order valence-electron chi connectivity index (χ4n) is 1.82. The maximum atomic E-state index is 3.52. The first-order valence-electron chi connectivity index (χ1n) is 6.47. The summed E-state index contributed by atoms with van der Waals surface area (Å²) in [7, 11) is 0. The van der Waals surface area contributed by atoms with Crippen LogP contribution in [0.1, 0.15) is 33.3 Å². The van der Waals surface area contributed by atoms with Gasteiger partial charge < -0.3 is 5.32 Å². The van der Waals surface area contributed by atoms with E-state index in [0.29, 0.717) is 6.04 Å². The average Bonchev–Trinajstić information content (AvgIpc) is 2.28. The second kappa shape index (κ2) is 7.37. The van der Waals surface area contributed by atoms with Gasteiger partial charge in [-0.25, -0.2) is 0 Å². The van der Waals surface area contributed by atoms with Crippen molar-refractivity contribution >= 4 is 22.6 Å². The molecule has 1 aromatic carbocycles. The van der Waals surface area contributed by atoms with Gasteiger partial charge in [0.15, 0.2) is 0 Å². The number of rotatable bonds is 6. The van der Waals surface area contributed by atoms with E-state index in [1.807, 2.05) is 0 Å². The van der Waals surface area contributed by atoms with E-state index in [-0.39, 0.29) is 0 Å². The highest BCUT2D eigenvalue weighted by atomic mass is 127. The van der Waals surface area contributed by atoms with Crippen molar-refractivity contribution in [2.24, 2.45) is 11.8 Å². The molecule has 0 heterocycles. The summed E-state index contributed by atoms with van der Waals surface area (Å²) in [6.45, 7) is 10.2. The second-order valence-electron chi connectivity index (χ2n) is 5.35. The third kappa shape index (κ3) is 5.87. The summed E-state index contributed by atoms with van der Waals surface area (Å²) in [4.78, 5) is 0. The van der Waals surface area contributed by atoms with Crippen LogP contribution >= 0.6 is 22.6 Å². The molecule has 1 rings (SSSR count). The van der Waals surface area contributed by atoms with Crippen LogP contribution in [0.2, 0.25) is 0 Å². The fourth-order valence-corrected chi connectivity index (χ4v) is 2.18. The van der Waals surface area contributed by atoms with Gasteiger partial charge in [0.1, 0.15) is 0 Å². The van der Waals surface area contributed by atoms with Crippen molar-refractivity contribution in [3.05, 3.63) is 33.4 Å². The van der Waals surface area contributed by atoms with Gasteiger partial charge in [0, 0.05) is 9.61 Å². The number of hydrogen-bond acceptors (Lipinski definition) is 1. The molecule has 0 fully saturated rings. The van der Waals surface area contributed by atoms with Gasteiger partial charge in [-0.05, 0) is 65.1 Å². The smallest absolute Gasteiger partial charge is 0.0130 e. The van der Waals surface area contributed by atoms with Crippen LogP contribution in [-0.2, 0) is 6.42 Å². The Hall–Kier alpha value is -0.0900. The standard InChI is InChI=1S/C15H24IN/c1-11(2)17-10-13(4)12(3)9-14-5-7-15(16)8-6-14/h5-8,11-13,17H,9-10H2,1-4H3. The minimum absolute atomic E-state index is 0.586. The van der Waals surface area contributed by atoms with E-state index in [9.17, 15) is 0 Å². The van der Waals surface area contributed by atoms with Crippen LogP contribution in [-0.4, -0.2) is 12.6 Å². The van der Waals surface area contributed by atoms with Gasteiger partial charge in [0.05, 0.1) is 0 Å². The highest BCUT2D eigenvalue weighted by Crippen LogP contribution is 2.17. The van der Waals surface area contributed by atoms with Crippen LogP contribution in [0.4, 0.5) is 0 Å². The van der Waals surface area contributed by atoms with Crippen molar-refractivity contribution in [2.45, 2.75) is 40.2 Å². The van der Waals surface area contributed by atoms with E-state index in [0.717, 1.165) is 18.4 Å². The third-order valence-electron chi connectivity index (χ3n) is 3.29. The normalized spacial score (nSPS) is 14.9. The third-order valence-corrected chi connectivity index (χ3v) is 4.01. The summed E-state index contributed by atoms with van der Waals surface area (Å²) < 4.78 is 1.31. The number of hydrogen-bond donors (Lipinski definition) is 1. The molecule has 0 radical (unpaired) electrons. The molecule has 2 atom stereocenters. The van der Waals surface area contributed by atoms with E-state index >= 15 is 0 Å². The molecule has 2 unspecified atom stereocenters. The van der Waals surface area contributed by atoms with Crippen molar-refractivity contribution in [1.29, 1.82) is 0 Å². The maximum absolute atomic E-state index is 3.52. The summed E-state index contributed by atoms with van der Waals surface area (Å²) in [5.74, 6) is 1.44. The minimum Gasteiger partial charge on any atom is -0.314 e. The largest absolute Gasteiger partial charge is 0.314 e. The molecule has 1 aromatic rings. The van der Waals surface area contributed by atoms with Crippen LogP contribution in [0, 0.1) is 15.4 Å². The van der Waals surface area contributed by atoms with Crippen LogP contribution < -0.4 is 5.32 Å². The van der Waals surface area contributed by atoms with Gasteiger partial charge in [-0.15, -0.1) is 0 Å². The van der Waals surface area contributed by atoms with Crippen LogP contribution in [0.5, 0.6) is 0 Å². The highest BCUT2D eigenvalue weighted by molar-refractivity contribution is 14.1. The molecule has 2 heteroatoms. The van der Waals surface area contributed by atoms with E-state index in [2.05, 4.69) is 79.9 Å². The summed E-state index contributed by atoms with van der Waals surface area (Å²) >= 11 is 2.35. The van der Waals surface area contributed by atoms with Gasteiger partial charge in [-0.2, -0.15) is 0 Å². The molecule has 0 aliphatic rings. The molecule has 17 heavy (non-hydrogen) atoms. The first-order valence-corrected chi connectivity index (χ1v) is 7.54. The molecule has 0 saturated heterocycles. The molecule has 1 nitrogen and oxygen atoms in total. The zero-order chi connectivity index (χ0) is 12.8. The fraction of sp³-hybridized carbons (Fsp3) is 0.600. The summed E-state index contributed by atoms with van der Waals surface area (Å²) in [5.41, 5.74) is 1.45. The Labute approximate surface area is 120 Å². The Kier molecular flexibility index (Phi) is 6.49. The van der Waals surface area contributed by atoms with Gasteiger partial charge in [-0.1, -0.05) is 39.8 Å². The summed E-state index contributed by atoms with van der Waals surface area (Å²) in [6.07, 6.45) is 1.18. The molecule has 0 saturated carbocycles. The molecular weight excluding hydrogens is 321 g/mol. The zero-order valence-corrected chi connectivity index (χ0v) is 13.5. The zero-order valence-electron chi connectivity index (χ0n) is 11.3. The van der Waals surface area contributed by atoms with Crippen molar-refractivity contribution in [3.63, 3.8) is 0 Å². The number of halogens is 1. The molecule has 0 spiro atoms. The van der Waals surface area contributed by atoms with Crippen molar-refractivity contribution in [1.82, 2.24) is 5.32 Å². The van der Waals surface area contributed by atoms with E-state index in [1.54, 1.807) is 0 Å². The first kappa shape index (κ1) is 15.0. The molecular formula is C15H24IN. The highest BCUT2D eigenvalue weighted by Gasteiger charge is 2.12. The molecule has 0 bridgehead atoms. The molecule has 0 aliphatic carbocycles. The maximum Gasteiger partial charge on any atom is 0.0130 e. The second-order valence-corrected chi connectivity index (χ2v) is 6.59. The van der Waals surface area contributed by atoms with Crippen LogP contribution in [0.15, 0.2) is 24.3 Å². The lowest BCUT2D eigenvalue weighted by molar-refractivity contribution is 0.354. The van der Waals surface area contributed by atoms with Crippen molar-refractivity contribution in [3.8, 4) is 0 Å². The summed E-state index contributed by atoms with van der Waals surface area (Å²) in [5, 5.41) is 3.52. The monoisotopic (exact) mass is 345 g/mol. The number of benzene rings is 1. The Bertz CT molecular complexity index is 318. The van der Waals surface area contributed by atoms with Crippen LogP contribution in [0.3, 0.4) is 0 Å². The van der Waals surface area contributed by atoms with Gasteiger partial charge in [-0.3, -0.25) is 0 Å². The molecule has 96 valence electrons. The minimum atomic E-state index is 0.586. The molecule has 1 N–H and O–H groups in total. The Balaban J connectivity index is 2.42. The molecule has 0 aromatic heterocycles. The Morgan fingerprint density at radius 1 is 1.00 bits per heavy atom. The summed E-state index contributed by atoms with van der Waals surface area (Å²) in [6, 6.07) is 9.48. The van der Waals surface area contributed by atoms with Crippen LogP contribution in [0.25, 0.3) is 0 Å². The first-order chi connectivity index (χ1) is 7.99. The number of nitrogens with one attached hydrogen (secondary N) is 1. The van der Waals surface area contributed by atoms with Crippen molar-refractivity contribution < 1.29 is 0 Å².